The molecular weight excluding hydrogens is 333 g/mol. The van der Waals surface area contributed by atoms with Crippen LogP contribution < -0.4 is 5.46 Å². The predicted octanol–water partition coefficient (Wildman–Crippen LogP) is 4.65. The smallest absolute Gasteiger partial charge is 0.399 e. The second-order valence-corrected chi connectivity index (χ2v) is 8.35. The van der Waals surface area contributed by atoms with Crippen molar-refractivity contribution in [2.75, 3.05) is 0 Å². The van der Waals surface area contributed by atoms with Gasteiger partial charge in [-0.05, 0) is 63.3 Å². The number of pyridine rings is 1. The van der Waals surface area contributed by atoms with Crippen molar-refractivity contribution in [2.45, 2.75) is 51.2 Å². The summed E-state index contributed by atoms with van der Waals surface area (Å²) in [5.74, 6) is 0.361. The van der Waals surface area contributed by atoms with Gasteiger partial charge >= 0.3 is 7.12 Å². The Bertz CT molecular complexity index is 871. The summed E-state index contributed by atoms with van der Waals surface area (Å²) < 4.78 is 12.6. The van der Waals surface area contributed by atoms with Gasteiger partial charge in [-0.25, -0.2) is 0 Å². The Morgan fingerprint density at radius 2 is 1.78 bits per heavy atom. The number of nitrogens with zero attached hydrogens (tertiary/aromatic N) is 1. The summed E-state index contributed by atoms with van der Waals surface area (Å²) in [6.45, 7) is 8.35. The largest absolute Gasteiger partial charge is 0.494 e. The lowest BCUT2D eigenvalue weighted by Gasteiger charge is -2.32. The van der Waals surface area contributed by atoms with Crippen LogP contribution in [-0.4, -0.2) is 23.3 Å². The number of allylic oxidation sites excluding steroid dienone is 4. The Morgan fingerprint density at radius 3 is 2.41 bits per heavy atom. The van der Waals surface area contributed by atoms with Crippen LogP contribution in [-0.2, 0) is 9.31 Å². The van der Waals surface area contributed by atoms with Crippen LogP contribution in [0.5, 0.6) is 0 Å². The molecule has 0 amide bonds. The zero-order chi connectivity index (χ0) is 19.1. The molecule has 1 aromatic heterocycles. The highest BCUT2D eigenvalue weighted by atomic mass is 16.7. The van der Waals surface area contributed by atoms with Crippen LogP contribution in [0, 0.1) is 0 Å². The maximum atomic E-state index is 6.31. The molecule has 0 saturated carbocycles. The average molecular weight is 359 g/mol. The van der Waals surface area contributed by atoms with E-state index in [-0.39, 0.29) is 18.3 Å². The molecule has 2 heterocycles. The molecule has 1 atom stereocenters. The van der Waals surface area contributed by atoms with Crippen molar-refractivity contribution in [3.8, 4) is 11.3 Å². The van der Waals surface area contributed by atoms with Gasteiger partial charge in [0.25, 0.3) is 0 Å². The van der Waals surface area contributed by atoms with Gasteiger partial charge in [-0.3, -0.25) is 4.98 Å². The SMILES string of the molecule is CC1(C)OB(c2cc(-c3ccccn3)cc(C3C=CC=CC3)c2)OC1(C)C. The summed E-state index contributed by atoms with van der Waals surface area (Å²) in [5, 5.41) is 0. The predicted molar refractivity (Wildman–Crippen MR) is 111 cm³/mol. The monoisotopic (exact) mass is 359 g/mol. The van der Waals surface area contributed by atoms with Crippen LogP contribution in [0.4, 0.5) is 0 Å². The summed E-state index contributed by atoms with van der Waals surface area (Å²) >= 11 is 0. The lowest BCUT2D eigenvalue weighted by Crippen LogP contribution is -2.41. The van der Waals surface area contributed by atoms with Crippen molar-refractivity contribution in [3.63, 3.8) is 0 Å². The first kappa shape index (κ1) is 18.2. The van der Waals surface area contributed by atoms with Crippen LogP contribution in [0.1, 0.15) is 45.6 Å². The Labute approximate surface area is 162 Å². The zero-order valence-corrected chi connectivity index (χ0v) is 16.5. The lowest BCUT2D eigenvalue weighted by molar-refractivity contribution is 0.00578. The van der Waals surface area contributed by atoms with Crippen LogP contribution in [0.15, 0.2) is 66.9 Å². The normalized spacial score (nSPS) is 23.0. The van der Waals surface area contributed by atoms with E-state index in [9.17, 15) is 0 Å². The second kappa shape index (κ2) is 6.77. The first-order valence-electron chi connectivity index (χ1n) is 9.61. The fourth-order valence-corrected chi connectivity index (χ4v) is 3.52. The summed E-state index contributed by atoms with van der Waals surface area (Å²) in [6, 6.07) is 12.6. The van der Waals surface area contributed by atoms with E-state index < -0.39 is 0 Å². The molecule has 4 heteroatoms. The maximum Gasteiger partial charge on any atom is 0.494 e. The number of rotatable bonds is 3. The third-order valence-corrected chi connectivity index (χ3v) is 5.87. The highest BCUT2D eigenvalue weighted by Crippen LogP contribution is 2.37. The van der Waals surface area contributed by atoms with Crippen LogP contribution in [0.25, 0.3) is 11.3 Å². The van der Waals surface area contributed by atoms with E-state index in [1.807, 2.05) is 24.4 Å². The van der Waals surface area contributed by atoms with Gasteiger partial charge in [0.2, 0.25) is 0 Å². The second-order valence-electron chi connectivity index (χ2n) is 8.35. The van der Waals surface area contributed by atoms with Gasteiger partial charge in [-0.15, -0.1) is 0 Å². The Morgan fingerprint density at radius 1 is 1.00 bits per heavy atom. The highest BCUT2D eigenvalue weighted by Gasteiger charge is 2.51. The van der Waals surface area contributed by atoms with Crippen molar-refractivity contribution >= 4 is 12.6 Å². The molecule has 4 rings (SSSR count). The number of aromatic nitrogens is 1. The fourth-order valence-electron chi connectivity index (χ4n) is 3.52. The van der Waals surface area contributed by atoms with Gasteiger partial charge in [0, 0.05) is 17.7 Å². The molecular formula is C23H26BNO2. The molecule has 0 spiro atoms. The third-order valence-electron chi connectivity index (χ3n) is 5.87. The molecule has 2 aromatic rings. The summed E-state index contributed by atoms with van der Waals surface area (Å²) in [5.41, 5.74) is 3.67. The van der Waals surface area contributed by atoms with E-state index in [4.69, 9.17) is 9.31 Å². The van der Waals surface area contributed by atoms with Gasteiger partial charge in [-0.1, -0.05) is 42.5 Å². The minimum atomic E-state index is -0.375. The molecule has 1 aliphatic carbocycles. The molecule has 1 unspecified atom stereocenters. The van der Waals surface area contributed by atoms with E-state index in [2.05, 4.69) is 75.2 Å². The quantitative estimate of drug-likeness (QED) is 0.748. The van der Waals surface area contributed by atoms with E-state index in [0.29, 0.717) is 5.92 Å². The molecule has 2 aliphatic rings. The van der Waals surface area contributed by atoms with Crippen LogP contribution >= 0.6 is 0 Å². The summed E-state index contributed by atoms with van der Waals surface area (Å²) in [4.78, 5) is 4.55. The number of hydrogen-bond acceptors (Lipinski definition) is 3. The molecule has 3 nitrogen and oxygen atoms in total. The van der Waals surface area contributed by atoms with Gasteiger partial charge in [0.15, 0.2) is 0 Å². The molecule has 138 valence electrons. The average Bonchev–Trinajstić information content (AvgIpc) is 2.90. The van der Waals surface area contributed by atoms with Crippen molar-refractivity contribution in [2.24, 2.45) is 0 Å². The van der Waals surface area contributed by atoms with Crippen molar-refractivity contribution in [1.29, 1.82) is 0 Å². The van der Waals surface area contributed by atoms with E-state index in [1.54, 1.807) is 0 Å². The zero-order valence-electron chi connectivity index (χ0n) is 16.5. The minimum Gasteiger partial charge on any atom is -0.399 e. The highest BCUT2D eigenvalue weighted by molar-refractivity contribution is 6.62. The standard InChI is InChI=1S/C23H26BNO2/c1-22(2)23(3,4)27-24(26-22)20-15-18(17-10-6-5-7-11-17)14-19(16-20)21-12-8-9-13-25-21/h5-10,12-17H,11H2,1-4H3. The molecule has 0 bridgehead atoms. The lowest BCUT2D eigenvalue weighted by atomic mass is 9.75. The molecule has 1 aromatic carbocycles. The van der Waals surface area contributed by atoms with Gasteiger partial charge in [0.1, 0.15) is 0 Å². The third kappa shape index (κ3) is 3.52. The van der Waals surface area contributed by atoms with Gasteiger partial charge < -0.3 is 9.31 Å². The van der Waals surface area contributed by atoms with Crippen molar-refractivity contribution < 1.29 is 9.31 Å². The van der Waals surface area contributed by atoms with E-state index in [1.165, 1.54) is 5.56 Å². The molecule has 0 radical (unpaired) electrons. The number of hydrogen-bond donors (Lipinski definition) is 0. The maximum absolute atomic E-state index is 6.31. The van der Waals surface area contributed by atoms with E-state index in [0.717, 1.165) is 23.1 Å². The van der Waals surface area contributed by atoms with Crippen molar-refractivity contribution in [1.82, 2.24) is 4.98 Å². The molecule has 27 heavy (non-hydrogen) atoms. The van der Waals surface area contributed by atoms with Gasteiger partial charge in [0.05, 0.1) is 16.9 Å². The van der Waals surface area contributed by atoms with Gasteiger partial charge in [-0.2, -0.15) is 0 Å². The van der Waals surface area contributed by atoms with Crippen molar-refractivity contribution in [3.05, 3.63) is 72.5 Å². The van der Waals surface area contributed by atoms with E-state index >= 15 is 0 Å². The Balaban J connectivity index is 1.77. The first-order valence-corrected chi connectivity index (χ1v) is 9.61. The molecule has 0 N–H and O–H groups in total. The first-order chi connectivity index (χ1) is 12.9. The minimum absolute atomic E-state index is 0.355. The molecule has 1 saturated heterocycles. The molecule has 1 aliphatic heterocycles. The Hall–Kier alpha value is -2.17. The fraction of sp³-hybridized carbons (Fsp3) is 0.348. The van der Waals surface area contributed by atoms with Crippen LogP contribution in [0.3, 0.4) is 0 Å². The summed E-state index contributed by atoms with van der Waals surface area (Å²) in [7, 11) is -0.375. The Kier molecular flexibility index (Phi) is 4.57. The van der Waals surface area contributed by atoms with Crippen LogP contribution in [0.2, 0.25) is 0 Å². The topological polar surface area (TPSA) is 31.4 Å². The molecule has 1 fully saturated rings. The summed E-state index contributed by atoms with van der Waals surface area (Å²) in [6.07, 6.45) is 11.5. The number of benzene rings is 1.